The third kappa shape index (κ3) is 4.84. The number of unbranched alkanes of at least 4 members (excludes halogenated alkanes) is 1. The smallest absolute Gasteiger partial charge is 0.00671 e. The molecule has 1 N–H and O–H groups in total. The van der Waals surface area contributed by atoms with Crippen molar-refractivity contribution in [3.63, 3.8) is 0 Å². The molecule has 0 amide bonds. The number of hydrogen-bond acceptors (Lipinski definition) is 2. The molecule has 16 heavy (non-hydrogen) atoms. The quantitative estimate of drug-likeness (QED) is 0.701. The Morgan fingerprint density at radius 3 is 2.69 bits per heavy atom. The lowest BCUT2D eigenvalue weighted by molar-refractivity contribution is 0.122. The van der Waals surface area contributed by atoms with E-state index in [2.05, 4.69) is 38.0 Å². The fourth-order valence-electron chi connectivity index (χ4n) is 2.60. The number of piperidine rings is 1. The molecule has 0 spiro atoms. The molecule has 3 unspecified atom stereocenters. The second-order valence-electron chi connectivity index (χ2n) is 5.71. The summed E-state index contributed by atoms with van der Waals surface area (Å²) in [5, 5.41) is 3.31. The molecule has 1 rings (SSSR count). The number of rotatable bonds is 6. The molecule has 1 heterocycles. The Labute approximate surface area is 102 Å². The minimum absolute atomic E-state index is 0.678. The van der Waals surface area contributed by atoms with Gasteiger partial charge in [-0.2, -0.15) is 0 Å². The van der Waals surface area contributed by atoms with Crippen LogP contribution < -0.4 is 5.32 Å². The first-order chi connectivity index (χ1) is 7.63. The van der Waals surface area contributed by atoms with Crippen LogP contribution >= 0.6 is 0 Å². The van der Waals surface area contributed by atoms with Gasteiger partial charge in [0.15, 0.2) is 0 Å². The fraction of sp³-hybridized carbons (Fsp3) is 1.00. The van der Waals surface area contributed by atoms with Crippen LogP contribution in [0.15, 0.2) is 0 Å². The number of likely N-dealkylation sites (tertiary alicyclic amines) is 1. The van der Waals surface area contributed by atoms with Gasteiger partial charge >= 0.3 is 0 Å². The first kappa shape index (κ1) is 14.0. The standard InChI is InChI=1S/C14H30N2/c1-12-8-9-14(3)16(11-12)10-6-5-7-13(2)15-4/h12-15H,5-11H2,1-4H3. The Bertz CT molecular complexity index is 182. The second-order valence-corrected chi connectivity index (χ2v) is 5.71. The largest absolute Gasteiger partial charge is 0.317 e. The Hall–Kier alpha value is -0.0800. The average molecular weight is 226 g/mol. The normalized spacial score (nSPS) is 29.2. The van der Waals surface area contributed by atoms with Crippen molar-refractivity contribution in [2.75, 3.05) is 20.1 Å². The average Bonchev–Trinajstić information content (AvgIpc) is 2.28. The summed E-state index contributed by atoms with van der Waals surface area (Å²) >= 11 is 0. The van der Waals surface area contributed by atoms with Gasteiger partial charge in [-0.15, -0.1) is 0 Å². The van der Waals surface area contributed by atoms with Crippen molar-refractivity contribution in [2.24, 2.45) is 5.92 Å². The second kappa shape index (κ2) is 7.29. The summed E-state index contributed by atoms with van der Waals surface area (Å²) in [4.78, 5) is 2.69. The molecule has 3 atom stereocenters. The molecule has 0 aliphatic carbocycles. The molecule has 1 aliphatic rings. The minimum Gasteiger partial charge on any atom is -0.317 e. The Morgan fingerprint density at radius 2 is 2.00 bits per heavy atom. The van der Waals surface area contributed by atoms with Crippen LogP contribution in [0.2, 0.25) is 0 Å². The molecular weight excluding hydrogens is 196 g/mol. The van der Waals surface area contributed by atoms with Gasteiger partial charge in [-0.3, -0.25) is 0 Å². The van der Waals surface area contributed by atoms with Crippen molar-refractivity contribution in [3.8, 4) is 0 Å². The molecule has 2 nitrogen and oxygen atoms in total. The number of nitrogens with zero attached hydrogens (tertiary/aromatic N) is 1. The van der Waals surface area contributed by atoms with E-state index in [4.69, 9.17) is 0 Å². The van der Waals surface area contributed by atoms with E-state index in [9.17, 15) is 0 Å². The molecule has 0 saturated carbocycles. The maximum atomic E-state index is 3.31. The molecule has 0 radical (unpaired) electrons. The van der Waals surface area contributed by atoms with Gasteiger partial charge < -0.3 is 10.2 Å². The lowest BCUT2D eigenvalue weighted by Crippen LogP contribution is -2.41. The van der Waals surface area contributed by atoms with Crippen molar-refractivity contribution in [1.82, 2.24) is 10.2 Å². The van der Waals surface area contributed by atoms with Crippen LogP contribution in [0.25, 0.3) is 0 Å². The van der Waals surface area contributed by atoms with E-state index in [1.165, 1.54) is 45.2 Å². The monoisotopic (exact) mass is 226 g/mol. The first-order valence-electron chi connectivity index (χ1n) is 7.04. The van der Waals surface area contributed by atoms with Gasteiger partial charge in [0.25, 0.3) is 0 Å². The Balaban J connectivity index is 2.11. The summed E-state index contributed by atoms with van der Waals surface area (Å²) in [6.45, 7) is 9.68. The van der Waals surface area contributed by atoms with Gasteiger partial charge in [0.2, 0.25) is 0 Å². The maximum absolute atomic E-state index is 3.31. The van der Waals surface area contributed by atoms with E-state index >= 15 is 0 Å². The lowest BCUT2D eigenvalue weighted by atomic mass is 9.95. The van der Waals surface area contributed by atoms with E-state index in [1.807, 2.05) is 0 Å². The summed E-state index contributed by atoms with van der Waals surface area (Å²) in [7, 11) is 2.05. The van der Waals surface area contributed by atoms with Gasteiger partial charge in [-0.05, 0) is 59.0 Å². The summed E-state index contributed by atoms with van der Waals surface area (Å²) in [5.74, 6) is 0.910. The SMILES string of the molecule is CNC(C)CCCCN1CC(C)CCC1C. The van der Waals surface area contributed by atoms with E-state index < -0.39 is 0 Å². The third-order valence-corrected chi connectivity index (χ3v) is 4.07. The van der Waals surface area contributed by atoms with E-state index in [0.717, 1.165) is 12.0 Å². The zero-order chi connectivity index (χ0) is 12.0. The summed E-state index contributed by atoms with van der Waals surface area (Å²) < 4.78 is 0. The fourth-order valence-corrected chi connectivity index (χ4v) is 2.60. The van der Waals surface area contributed by atoms with Crippen molar-refractivity contribution in [2.45, 2.75) is 65.0 Å². The first-order valence-corrected chi connectivity index (χ1v) is 7.04. The zero-order valence-corrected chi connectivity index (χ0v) is 11.6. The van der Waals surface area contributed by atoms with E-state index in [-0.39, 0.29) is 0 Å². The summed E-state index contributed by atoms with van der Waals surface area (Å²) in [6.07, 6.45) is 6.86. The molecule has 2 heteroatoms. The molecule has 0 bridgehead atoms. The van der Waals surface area contributed by atoms with Crippen LogP contribution in [-0.2, 0) is 0 Å². The number of hydrogen-bond donors (Lipinski definition) is 1. The highest BCUT2D eigenvalue weighted by molar-refractivity contribution is 4.76. The van der Waals surface area contributed by atoms with Crippen LogP contribution in [0.3, 0.4) is 0 Å². The maximum Gasteiger partial charge on any atom is 0.00671 e. The molecule has 0 aromatic heterocycles. The van der Waals surface area contributed by atoms with Gasteiger partial charge in [0.05, 0.1) is 0 Å². The summed E-state index contributed by atoms with van der Waals surface area (Å²) in [6, 6.07) is 1.50. The summed E-state index contributed by atoms with van der Waals surface area (Å²) in [5.41, 5.74) is 0. The van der Waals surface area contributed by atoms with Crippen molar-refractivity contribution in [3.05, 3.63) is 0 Å². The van der Waals surface area contributed by atoms with Gasteiger partial charge in [-0.1, -0.05) is 13.3 Å². The Kier molecular flexibility index (Phi) is 6.37. The number of nitrogens with one attached hydrogen (secondary N) is 1. The van der Waals surface area contributed by atoms with Crippen molar-refractivity contribution in [1.29, 1.82) is 0 Å². The van der Waals surface area contributed by atoms with Crippen LogP contribution in [0.5, 0.6) is 0 Å². The highest BCUT2D eigenvalue weighted by Crippen LogP contribution is 2.21. The molecule has 0 aromatic rings. The Morgan fingerprint density at radius 1 is 1.25 bits per heavy atom. The van der Waals surface area contributed by atoms with Crippen molar-refractivity contribution >= 4 is 0 Å². The molecule has 96 valence electrons. The molecule has 1 saturated heterocycles. The molecule has 1 fully saturated rings. The van der Waals surface area contributed by atoms with E-state index in [1.54, 1.807) is 0 Å². The van der Waals surface area contributed by atoms with Gasteiger partial charge in [0, 0.05) is 18.6 Å². The predicted octanol–water partition coefficient (Wildman–Crippen LogP) is 2.89. The van der Waals surface area contributed by atoms with Gasteiger partial charge in [0.1, 0.15) is 0 Å². The molecular formula is C14H30N2. The zero-order valence-electron chi connectivity index (χ0n) is 11.6. The van der Waals surface area contributed by atoms with Crippen LogP contribution in [-0.4, -0.2) is 37.1 Å². The highest BCUT2D eigenvalue weighted by atomic mass is 15.2. The highest BCUT2D eigenvalue weighted by Gasteiger charge is 2.21. The molecule has 1 aliphatic heterocycles. The topological polar surface area (TPSA) is 15.3 Å². The van der Waals surface area contributed by atoms with Crippen molar-refractivity contribution < 1.29 is 0 Å². The predicted molar refractivity (Wildman–Crippen MR) is 71.8 cm³/mol. The lowest BCUT2D eigenvalue weighted by Gasteiger charge is -2.36. The van der Waals surface area contributed by atoms with Crippen LogP contribution in [0, 0.1) is 5.92 Å². The van der Waals surface area contributed by atoms with Gasteiger partial charge in [-0.25, -0.2) is 0 Å². The van der Waals surface area contributed by atoms with Crippen LogP contribution in [0.1, 0.15) is 52.9 Å². The van der Waals surface area contributed by atoms with Crippen LogP contribution in [0.4, 0.5) is 0 Å². The minimum atomic E-state index is 0.678. The van der Waals surface area contributed by atoms with E-state index in [0.29, 0.717) is 6.04 Å². The third-order valence-electron chi connectivity index (χ3n) is 4.07. The molecule has 0 aromatic carbocycles.